The quantitative estimate of drug-likeness (QED) is 0.840. The van der Waals surface area contributed by atoms with Crippen LogP contribution in [0.4, 0.5) is 4.39 Å². The normalized spacial score (nSPS) is 9.50. The summed E-state index contributed by atoms with van der Waals surface area (Å²) in [5, 5.41) is 2.66. The first-order valence-electron chi connectivity index (χ1n) is 5.94. The van der Waals surface area contributed by atoms with E-state index in [2.05, 4.69) is 33.1 Å². The highest BCUT2D eigenvalue weighted by Crippen LogP contribution is 2.11. The van der Waals surface area contributed by atoms with Crippen molar-refractivity contribution in [2.75, 3.05) is 6.54 Å². The summed E-state index contributed by atoms with van der Waals surface area (Å²) in [5.41, 5.74) is 0.872. The Hall–Kier alpha value is -2.12. The van der Waals surface area contributed by atoms with Gasteiger partial charge < -0.3 is 5.32 Å². The highest BCUT2D eigenvalue weighted by molar-refractivity contribution is 9.10. The van der Waals surface area contributed by atoms with E-state index in [1.807, 2.05) is 6.07 Å². The van der Waals surface area contributed by atoms with Gasteiger partial charge in [0, 0.05) is 10.0 Å². The summed E-state index contributed by atoms with van der Waals surface area (Å²) in [5.74, 6) is 4.83. The minimum atomic E-state index is -0.363. The van der Waals surface area contributed by atoms with E-state index >= 15 is 0 Å². The molecule has 1 N–H and O–H groups in total. The van der Waals surface area contributed by atoms with Gasteiger partial charge in [-0.25, -0.2) is 4.39 Å². The monoisotopic (exact) mass is 331 g/mol. The van der Waals surface area contributed by atoms with Crippen LogP contribution >= 0.6 is 15.9 Å². The fourth-order valence-corrected chi connectivity index (χ4v) is 1.96. The molecule has 0 aromatic heterocycles. The van der Waals surface area contributed by atoms with Gasteiger partial charge in [0.25, 0.3) is 5.91 Å². The van der Waals surface area contributed by atoms with Crippen molar-refractivity contribution in [2.24, 2.45) is 0 Å². The Morgan fingerprint density at radius 1 is 1.20 bits per heavy atom. The second-order valence-electron chi connectivity index (χ2n) is 3.97. The van der Waals surface area contributed by atoms with Crippen molar-refractivity contribution < 1.29 is 9.18 Å². The lowest BCUT2D eigenvalue weighted by molar-refractivity contribution is 0.0958. The van der Waals surface area contributed by atoms with Crippen LogP contribution in [0.15, 0.2) is 53.0 Å². The molecule has 0 bridgehead atoms. The molecule has 0 saturated carbocycles. The minimum absolute atomic E-state index is 0.166. The average Bonchev–Trinajstić information content (AvgIpc) is 2.45. The molecule has 0 aliphatic rings. The number of carbonyl (C=O) groups is 1. The Bertz CT molecular complexity index is 688. The van der Waals surface area contributed by atoms with Crippen LogP contribution in [0.3, 0.4) is 0 Å². The van der Waals surface area contributed by atoms with Crippen molar-refractivity contribution in [3.63, 3.8) is 0 Å². The summed E-state index contributed by atoms with van der Waals surface area (Å²) < 4.78 is 14.1. The Kier molecular flexibility index (Phi) is 4.91. The number of nitrogens with one attached hydrogen (secondary N) is 1. The third-order valence-electron chi connectivity index (χ3n) is 2.52. The fourth-order valence-electron chi connectivity index (χ4n) is 1.56. The Balaban J connectivity index is 1.94. The molecule has 2 aromatic carbocycles. The second kappa shape index (κ2) is 6.88. The van der Waals surface area contributed by atoms with Crippen molar-refractivity contribution in [1.29, 1.82) is 0 Å². The molecule has 1 amide bonds. The Morgan fingerprint density at radius 3 is 2.75 bits per heavy atom. The van der Waals surface area contributed by atoms with Crippen LogP contribution in [-0.2, 0) is 0 Å². The minimum Gasteiger partial charge on any atom is -0.341 e. The summed E-state index contributed by atoms with van der Waals surface area (Å²) in [4.78, 5) is 11.8. The van der Waals surface area contributed by atoms with Crippen LogP contribution in [0.25, 0.3) is 0 Å². The lowest BCUT2D eigenvalue weighted by atomic mass is 10.2. The van der Waals surface area contributed by atoms with Crippen molar-refractivity contribution in [3.8, 4) is 11.8 Å². The molecule has 100 valence electrons. The average molecular weight is 332 g/mol. The maximum atomic E-state index is 13.3. The maximum absolute atomic E-state index is 13.3. The van der Waals surface area contributed by atoms with Gasteiger partial charge in [0.1, 0.15) is 5.82 Å². The molecular weight excluding hydrogens is 321 g/mol. The van der Waals surface area contributed by atoms with Gasteiger partial charge in [-0.3, -0.25) is 4.79 Å². The largest absolute Gasteiger partial charge is 0.341 e. The summed E-state index contributed by atoms with van der Waals surface area (Å²) >= 11 is 3.30. The standard InChI is InChI=1S/C16H11BrFNO/c17-14-8-3-6-13(11-14)16(20)19-10-4-7-12-5-1-2-9-15(12)18/h1-3,5-6,8-9,11H,10H2,(H,19,20). The smallest absolute Gasteiger partial charge is 0.252 e. The van der Waals surface area contributed by atoms with E-state index in [9.17, 15) is 9.18 Å². The van der Waals surface area contributed by atoms with Crippen LogP contribution in [0, 0.1) is 17.7 Å². The molecule has 0 atom stereocenters. The molecule has 20 heavy (non-hydrogen) atoms. The van der Waals surface area contributed by atoms with E-state index < -0.39 is 0 Å². The predicted molar refractivity (Wildman–Crippen MR) is 79.8 cm³/mol. The number of hydrogen-bond acceptors (Lipinski definition) is 1. The van der Waals surface area contributed by atoms with Crippen molar-refractivity contribution >= 4 is 21.8 Å². The summed E-state index contributed by atoms with van der Waals surface area (Å²) in [6.07, 6.45) is 0. The zero-order valence-corrected chi connectivity index (χ0v) is 12.1. The van der Waals surface area contributed by atoms with Crippen LogP contribution in [0.1, 0.15) is 15.9 Å². The van der Waals surface area contributed by atoms with E-state index in [1.165, 1.54) is 6.07 Å². The molecule has 2 nitrogen and oxygen atoms in total. The number of hydrogen-bond donors (Lipinski definition) is 1. The first-order valence-corrected chi connectivity index (χ1v) is 6.73. The van der Waals surface area contributed by atoms with Crippen molar-refractivity contribution in [2.45, 2.75) is 0 Å². The van der Waals surface area contributed by atoms with Gasteiger partial charge in [0.05, 0.1) is 12.1 Å². The lowest BCUT2D eigenvalue weighted by Gasteiger charge is -2.01. The molecule has 0 unspecified atom stereocenters. The molecule has 2 rings (SSSR count). The molecule has 0 heterocycles. The molecular formula is C16H11BrFNO. The van der Waals surface area contributed by atoms with Gasteiger partial charge in [-0.2, -0.15) is 0 Å². The summed E-state index contributed by atoms with van der Waals surface area (Å²) in [6, 6.07) is 13.3. The Labute approximate surface area is 125 Å². The van der Waals surface area contributed by atoms with Gasteiger partial charge in [-0.1, -0.05) is 46.0 Å². The summed E-state index contributed by atoms with van der Waals surface area (Å²) in [7, 11) is 0. The van der Waals surface area contributed by atoms with E-state index in [0.717, 1.165) is 4.47 Å². The number of benzene rings is 2. The van der Waals surface area contributed by atoms with Crippen LogP contribution in [0.5, 0.6) is 0 Å². The zero-order chi connectivity index (χ0) is 14.4. The fraction of sp³-hybridized carbons (Fsp3) is 0.0625. The molecule has 2 aromatic rings. The highest BCUT2D eigenvalue weighted by Gasteiger charge is 2.03. The molecule has 0 spiro atoms. The van der Waals surface area contributed by atoms with E-state index in [1.54, 1.807) is 36.4 Å². The number of amides is 1. The Morgan fingerprint density at radius 2 is 2.00 bits per heavy atom. The van der Waals surface area contributed by atoms with Crippen molar-refractivity contribution in [1.82, 2.24) is 5.32 Å². The van der Waals surface area contributed by atoms with Gasteiger partial charge in [-0.15, -0.1) is 0 Å². The first kappa shape index (κ1) is 14.3. The number of halogens is 2. The van der Waals surface area contributed by atoms with E-state index in [-0.39, 0.29) is 18.3 Å². The second-order valence-corrected chi connectivity index (χ2v) is 4.89. The van der Waals surface area contributed by atoms with Crippen LogP contribution in [0.2, 0.25) is 0 Å². The molecule has 4 heteroatoms. The van der Waals surface area contributed by atoms with Crippen LogP contribution < -0.4 is 5.32 Å². The molecule has 0 radical (unpaired) electrons. The third kappa shape index (κ3) is 3.94. The highest BCUT2D eigenvalue weighted by atomic mass is 79.9. The predicted octanol–water partition coefficient (Wildman–Crippen LogP) is 3.37. The van der Waals surface area contributed by atoms with Crippen molar-refractivity contribution in [3.05, 3.63) is 69.9 Å². The third-order valence-corrected chi connectivity index (χ3v) is 3.01. The van der Waals surface area contributed by atoms with Gasteiger partial charge in [0.15, 0.2) is 0 Å². The van der Waals surface area contributed by atoms with Gasteiger partial charge in [-0.05, 0) is 30.3 Å². The van der Waals surface area contributed by atoms with Crippen LogP contribution in [-0.4, -0.2) is 12.5 Å². The number of rotatable bonds is 2. The van der Waals surface area contributed by atoms with Gasteiger partial charge in [0.2, 0.25) is 0 Å². The molecule has 0 saturated heterocycles. The zero-order valence-electron chi connectivity index (χ0n) is 10.5. The molecule has 0 aliphatic heterocycles. The van der Waals surface area contributed by atoms with E-state index in [4.69, 9.17) is 0 Å². The molecule has 0 fully saturated rings. The number of carbonyl (C=O) groups excluding carboxylic acids is 1. The van der Waals surface area contributed by atoms with E-state index in [0.29, 0.717) is 11.1 Å². The SMILES string of the molecule is O=C(NCC#Cc1ccccc1F)c1cccc(Br)c1. The van der Waals surface area contributed by atoms with Gasteiger partial charge >= 0.3 is 0 Å². The first-order chi connectivity index (χ1) is 9.66. The lowest BCUT2D eigenvalue weighted by Crippen LogP contribution is -2.23. The summed E-state index contributed by atoms with van der Waals surface area (Å²) in [6.45, 7) is 0.166. The maximum Gasteiger partial charge on any atom is 0.252 e. The molecule has 0 aliphatic carbocycles. The topological polar surface area (TPSA) is 29.1 Å².